The molecule has 0 saturated carbocycles. The van der Waals surface area contributed by atoms with Crippen molar-refractivity contribution in [3.63, 3.8) is 0 Å². The SMILES string of the molecule is Cc1ccc2cc(Cl)c(F)cc2c1. The first-order valence-corrected chi connectivity index (χ1v) is 4.40. The van der Waals surface area contributed by atoms with Crippen LogP contribution < -0.4 is 0 Å². The molecule has 2 aromatic rings. The van der Waals surface area contributed by atoms with Gasteiger partial charge in [0.25, 0.3) is 0 Å². The fourth-order valence-corrected chi connectivity index (χ4v) is 1.53. The van der Waals surface area contributed by atoms with E-state index in [1.54, 1.807) is 6.07 Å². The molecule has 0 aliphatic rings. The Balaban J connectivity index is 2.81. The standard InChI is InChI=1S/C11H8ClF/c1-7-2-3-8-5-10(12)11(13)6-9(8)4-7/h2-6H,1H3. The topological polar surface area (TPSA) is 0 Å². The molecule has 0 nitrogen and oxygen atoms in total. The van der Waals surface area contributed by atoms with Crippen LogP contribution in [0.2, 0.25) is 5.02 Å². The number of halogens is 2. The van der Waals surface area contributed by atoms with Crippen molar-refractivity contribution in [1.29, 1.82) is 0 Å². The minimum absolute atomic E-state index is 0.177. The molecule has 2 rings (SSSR count). The number of benzene rings is 2. The molecule has 13 heavy (non-hydrogen) atoms. The highest BCUT2D eigenvalue weighted by atomic mass is 35.5. The van der Waals surface area contributed by atoms with Crippen molar-refractivity contribution in [2.45, 2.75) is 6.92 Å². The molecular formula is C11H8ClF. The number of hydrogen-bond acceptors (Lipinski definition) is 0. The molecule has 2 aromatic carbocycles. The third-order valence-electron chi connectivity index (χ3n) is 2.03. The first-order chi connectivity index (χ1) is 6.16. The Morgan fingerprint density at radius 1 is 1.08 bits per heavy atom. The summed E-state index contributed by atoms with van der Waals surface area (Å²) in [5.74, 6) is -0.361. The van der Waals surface area contributed by atoms with E-state index in [1.807, 2.05) is 25.1 Å². The molecule has 0 radical (unpaired) electrons. The van der Waals surface area contributed by atoms with Gasteiger partial charge in [-0.2, -0.15) is 0 Å². The van der Waals surface area contributed by atoms with Gasteiger partial charge < -0.3 is 0 Å². The third kappa shape index (κ3) is 1.52. The Bertz CT molecular complexity index is 463. The van der Waals surface area contributed by atoms with Crippen molar-refractivity contribution < 1.29 is 4.39 Å². The van der Waals surface area contributed by atoms with Crippen LogP contribution in [0.1, 0.15) is 5.56 Å². The largest absolute Gasteiger partial charge is 0.205 e. The molecule has 0 fully saturated rings. The van der Waals surface area contributed by atoms with Crippen LogP contribution in [-0.2, 0) is 0 Å². The van der Waals surface area contributed by atoms with Crippen LogP contribution in [0.25, 0.3) is 10.8 Å². The molecule has 66 valence electrons. The van der Waals surface area contributed by atoms with Crippen LogP contribution in [-0.4, -0.2) is 0 Å². The summed E-state index contributed by atoms with van der Waals surface area (Å²) in [5.41, 5.74) is 1.12. The summed E-state index contributed by atoms with van der Waals surface area (Å²) in [6, 6.07) is 8.97. The van der Waals surface area contributed by atoms with E-state index in [1.165, 1.54) is 6.07 Å². The van der Waals surface area contributed by atoms with Crippen LogP contribution in [0, 0.1) is 12.7 Å². The zero-order valence-electron chi connectivity index (χ0n) is 7.14. The number of aryl methyl sites for hydroxylation is 1. The van der Waals surface area contributed by atoms with Crippen LogP contribution in [0.15, 0.2) is 30.3 Å². The Morgan fingerprint density at radius 2 is 1.85 bits per heavy atom. The van der Waals surface area contributed by atoms with Gasteiger partial charge in [0.2, 0.25) is 0 Å². The van der Waals surface area contributed by atoms with Crippen LogP contribution >= 0.6 is 11.6 Å². The number of hydrogen-bond donors (Lipinski definition) is 0. The first kappa shape index (κ1) is 8.52. The second-order valence-corrected chi connectivity index (χ2v) is 3.52. The Kier molecular flexibility index (Phi) is 1.97. The predicted octanol–water partition coefficient (Wildman–Crippen LogP) is 3.94. The molecule has 0 aliphatic carbocycles. The minimum Gasteiger partial charge on any atom is -0.205 e. The van der Waals surface area contributed by atoms with Crippen LogP contribution in [0.4, 0.5) is 4.39 Å². The Labute approximate surface area is 80.9 Å². The molecule has 0 aliphatic heterocycles. The zero-order valence-corrected chi connectivity index (χ0v) is 7.90. The van der Waals surface area contributed by atoms with Gasteiger partial charge in [-0.15, -0.1) is 0 Å². The van der Waals surface area contributed by atoms with Gasteiger partial charge in [0.05, 0.1) is 5.02 Å². The second kappa shape index (κ2) is 3.00. The maximum Gasteiger partial charge on any atom is 0.142 e. The lowest BCUT2D eigenvalue weighted by molar-refractivity contribution is 0.630. The highest BCUT2D eigenvalue weighted by molar-refractivity contribution is 6.31. The fraction of sp³-hybridized carbons (Fsp3) is 0.0909. The Hall–Kier alpha value is -1.08. The van der Waals surface area contributed by atoms with Crippen molar-refractivity contribution in [3.8, 4) is 0 Å². The predicted molar refractivity (Wildman–Crippen MR) is 53.7 cm³/mol. The van der Waals surface area contributed by atoms with E-state index in [9.17, 15) is 4.39 Å². The number of fused-ring (bicyclic) bond motifs is 1. The van der Waals surface area contributed by atoms with Crippen LogP contribution in [0.5, 0.6) is 0 Å². The van der Waals surface area contributed by atoms with E-state index in [0.717, 1.165) is 16.3 Å². The van der Waals surface area contributed by atoms with Crippen molar-refractivity contribution in [2.24, 2.45) is 0 Å². The fourth-order valence-electron chi connectivity index (χ4n) is 1.36. The molecule has 0 bridgehead atoms. The Morgan fingerprint density at radius 3 is 2.62 bits per heavy atom. The molecule has 0 spiro atoms. The lowest BCUT2D eigenvalue weighted by atomic mass is 10.1. The molecule has 0 atom stereocenters. The average molecular weight is 195 g/mol. The van der Waals surface area contributed by atoms with Crippen LogP contribution in [0.3, 0.4) is 0 Å². The summed E-state index contributed by atoms with van der Waals surface area (Å²) in [5, 5.41) is 2.04. The van der Waals surface area contributed by atoms with Gasteiger partial charge in [0, 0.05) is 0 Å². The normalized spacial score (nSPS) is 10.7. The molecular weight excluding hydrogens is 187 g/mol. The zero-order chi connectivity index (χ0) is 9.42. The smallest absolute Gasteiger partial charge is 0.142 e. The van der Waals surface area contributed by atoms with Crippen molar-refractivity contribution >= 4 is 22.4 Å². The van der Waals surface area contributed by atoms with E-state index in [0.29, 0.717) is 0 Å². The molecule has 0 aromatic heterocycles. The third-order valence-corrected chi connectivity index (χ3v) is 2.32. The summed E-state index contributed by atoms with van der Waals surface area (Å²) in [6.07, 6.45) is 0. The van der Waals surface area contributed by atoms with E-state index in [2.05, 4.69) is 0 Å². The molecule has 0 saturated heterocycles. The first-order valence-electron chi connectivity index (χ1n) is 4.02. The molecule has 2 heteroatoms. The van der Waals surface area contributed by atoms with Gasteiger partial charge >= 0.3 is 0 Å². The lowest BCUT2D eigenvalue weighted by Crippen LogP contribution is -1.80. The summed E-state index contributed by atoms with van der Waals surface area (Å²) in [7, 11) is 0. The summed E-state index contributed by atoms with van der Waals surface area (Å²) < 4.78 is 13.0. The summed E-state index contributed by atoms with van der Waals surface area (Å²) in [4.78, 5) is 0. The van der Waals surface area contributed by atoms with Gasteiger partial charge in [-0.25, -0.2) is 4.39 Å². The van der Waals surface area contributed by atoms with Crippen molar-refractivity contribution in [1.82, 2.24) is 0 Å². The van der Waals surface area contributed by atoms with E-state index < -0.39 is 0 Å². The monoisotopic (exact) mass is 194 g/mol. The minimum atomic E-state index is -0.361. The van der Waals surface area contributed by atoms with E-state index in [-0.39, 0.29) is 10.8 Å². The van der Waals surface area contributed by atoms with Gasteiger partial charge in [-0.1, -0.05) is 35.4 Å². The lowest BCUT2D eigenvalue weighted by Gasteiger charge is -2.00. The van der Waals surface area contributed by atoms with E-state index in [4.69, 9.17) is 11.6 Å². The molecule has 0 unspecified atom stereocenters. The van der Waals surface area contributed by atoms with Gasteiger partial charge in [0.15, 0.2) is 0 Å². The highest BCUT2D eigenvalue weighted by Crippen LogP contribution is 2.23. The van der Waals surface area contributed by atoms with Gasteiger partial charge in [-0.05, 0) is 29.8 Å². The second-order valence-electron chi connectivity index (χ2n) is 3.12. The highest BCUT2D eigenvalue weighted by Gasteiger charge is 2.01. The quantitative estimate of drug-likeness (QED) is 0.596. The number of rotatable bonds is 0. The van der Waals surface area contributed by atoms with Crippen molar-refractivity contribution in [3.05, 3.63) is 46.7 Å². The summed E-state index contributed by atoms with van der Waals surface area (Å²) in [6.45, 7) is 1.98. The maximum absolute atomic E-state index is 13.0. The average Bonchev–Trinajstić information content (AvgIpc) is 2.08. The molecule has 0 heterocycles. The van der Waals surface area contributed by atoms with Gasteiger partial charge in [0.1, 0.15) is 5.82 Å². The van der Waals surface area contributed by atoms with E-state index >= 15 is 0 Å². The van der Waals surface area contributed by atoms with Gasteiger partial charge in [-0.3, -0.25) is 0 Å². The maximum atomic E-state index is 13.0. The summed E-state index contributed by atoms with van der Waals surface area (Å²) >= 11 is 5.65. The molecule has 0 N–H and O–H groups in total. The molecule has 0 amide bonds. The van der Waals surface area contributed by atoms with Crippen molar-refractivity contribution in [2.75, 3.05) is 0 Å².